The number of anilines is 1. The topological polar surface area (TPSA) is 93.6 Å². The van der Waals surface area contributed by atoms with Gasteiger partial charge in [-0.15, -0.1) is 0 Å². The quantitative estimate of drug-likeness (QED) is 0.845. The first-order valence-corrected chi connectivity index (χ1v) is 10.5. The molecule has 2 fully saturated rings. The first-order valence-electron chi connectivity index (χ1n) is 10.5. The van der Waals surface area contributed by atoms with Crippen molar-refractivity contribution in [3.05, 3.63) is 24.0 Å². The molecule has 10 heteroatoms. The van der Waals surface area contributed by atoms with Crippen molar-refractivity contribution in [2.24, 2.45) is 11.0 Å². The van der Waals surface area contributed by atoms with Gasteiger partial charge < -0.3 is 9.26 Å². The molecular formula is C19H24FN7O2. The lowest BCUT2D eigenvalue weighted by atomic mass is 9.80. The second kappa shape index (κ2) is 6.25. The smallest absolute Gasteiger partial charge is 0.291 e. The number of imidazole rings is 1. The number of hydrogen-bond acceptors (Lipinski definition) is 8. The first kappa shape index (κ1) is 17.4. The van der Waals surface area contributed by atoms with E-state index >= 15 is 0 Å². The number of nitrogens with zero attached hydrogens (tertiary/aromatic N) is 6. The van der Waals surface area contributed by atoms with Crippen molar-refractivity contribution in [2.75, 3.05) is 12.0 Å². The van der Waals surface area contributed by atoms with E-state index in [0.717, 1.165) is 51.4 Å². The summed E-state index contributed by atoms with van der Waals surface area (Å²) in [5, 5.41) is 8.75. The molecule has 0 spiro atoms. The summed E-state index contributed by atoms with van der Waals surface area (Å²) in [4.78, 5) is 10.6. The van der Waals surface area contributed by atoms with Gasteiger partial charge in [-0.3, -0.25) is 14.9 Å². The third-order valence-corrected chi connectivity index (χ3v) is 7.12. The van der Waals surface area contributed by atoms with Crippen LogP contribution in [0.1, 0.15) is 69.1 Å². The molecule has 2 aliphatic carbocycles. The highest BCUT2D eigenvalue weighted by Gasteiger charge is 2.49. The minimum absolute atomic E-state index is 0.0521. The molecule has 2 aliphatic heterocycles. The van der Waals surface area contributed by atoms with Crippen molar-refractivity contribution < 1.29 is 13.7 Å². The fraction of sp³-hybridized carbons (Fsp3) is 0.684. The van der Waals surface area contributed by atoms with E-state index in [1.165, 1.54) is 0 Å². The lowest BCUT2D eigenvalue weighted by Crippen LogP contribution is -2.54. The number of halogens is 1. The maximum absolute atomic E-state index is 14.6. The van der Waals surface area contributed by atoms with E-state index in [9.17, 15) is 4.39 Å². The number of methoxy groups -OCH3 is 1. The third kappa shape index (κ3) is 2.35. The third-order valence-electron chi connectivity index (χ3n) is 7.12. The van der Waals surface area contributed by atoms with Crippen LogP contribution in [-0.2, 0) is 10.3 Å². The summed E-state index contributed by atoms with van der Waals surface area (Å²) >= 11 is 0. The number of hydrazone groups is 1. The van der Waals surface area contributed by atoms with E-state index in [1.54, 1.807) is 17.9 Å². The van der Waals surface area contributed by atoms with Crippen LogP contribution in [0, 0.1) is 12.0 Å². The Bertz CT molecular complexity index is 964. The van der Waals surface area contributed by atoms with Crippen molar-refractivity contribution in [3.63, 3.8) is 0 Å². The van der Waals surface area contributed by atoms with Gasteiger partial charge >= 0.3 is 0 Å². The molecule has 0 amide bonds. The Kier molecular flexibility index (Phi) is 3.75. The fourth-order valence-corrected chi connectivity index (χ4v) is 5.66. The normalized spacial score (nSPS) is 29.8. The summed E-state index contributed by atoms with van der Waals surface area (Å²) in [6.07, 6.45) is 9.16. The van der Waals surface area contributed by atoms with Crippen LogP contribution in [0.15, 0.2) is 15.8 Å². The average molecular weight is 401 g/mol. The van der Waals surface area contributed by atoms with Crippen LogP contribution in [0.25, 0.3) is 0 Å². The van der Waals surface area contributed by atoms with Gasteiger partial charge in [0.2, 0.25) is 11.7 Å². The van der Waals surface area contributed by atoms with E-state index in [-0.39, 0.29) is 18.1 Å². The molecule has 0 aromatic carbocycles. The molecule has 6 rings (SSSR count). The molecule has 3 unspecified atom stereocenters. The molecule has 1 N–H and O–H groups in total. The number of amidine groups is 1. The minimum atomic E-state index is -0.512. The SMILES string of the molecule is COC1(c2nc(C3=NNC4C5CCCCC5n5c(cnc5F)N34)no2)CCCC1. The molecule has 0 radical (unpaired) electrons. The molecule has 154 valence electrons. The zero-order chi connectivity index (χ0) is 19.6. The van der Waals surface area contributed by atoms with Crippen molar-refractivity contribution in [1.29, 1.82) is 0 Å². The summed E-state index contributed by atoms with van der Waals surface area (Å²) in [5.74, 6) is 2.35. The molecule has 9 nitrogen and oxygen atoms in total. The van der Waals surface area contributed by atoms with Crippen molar-refractivity contribution in [2.45, 2.75) is 69.2 Å². The maximum atomic E-state index is 14.6. The highest BCUT2D eigenvalue weighted by Crippen LogP contribution is 2.46. The molecule has 2 aromatic heterocycles. The lowest BCUT2D eigenvalue weighted by Gasteiger charge is -2.45. The molecule has 29 heavy (non-hydrogen) atoms. The fourth-order valence-electron chi connectivity index (χ4n) is 5.66. The van der Waals surface area contributed by atoms with E-state index < -0.39 is 11.7 Å². The average Bonchev–Trinajstić information content (AvgIpc) is 3.52. The van der Waals surface area contributed by atoms with Gasteiger partial charge in [-0.05, 0) is 38.5 Å². The zero-order valence-corrected chi connectivity index (χ0v) is 16.3. The van der Waals surface area contributed by atoms with Crippen molar-refractivity contribution >= 4 is 11.7 Å². The Morgan fingerprint density at radius 1 is 1.24 bits per heavy atom. The van der Waals surface area contributed by atoms with E-state index in [0.29, 0.717) is 23.4 Å². The van der Waals surface area contributed by atoms with Gasteiger partial charge in [0.25, 0.3) is 12.0 Å². The van der Waals surface area contributed by atoms with Crippen molar-refractivity contribution in [1.82, 2.24) is 25.1 Å². The van der Waals surface area contributed by atoms with Crippen LogP contribution in [0.3, 0.4) is 0 Å². The van der Waals surface area contributed by atoms with Crippen LogP contribution in [-0.4, -0.2) is 38.8 Å². The van der Waals surface area contributed by atoms with Crippen LogP contribution in [0.5, 0.6) is 0 Å². The van der Waals surface area contributed by atoms with Crippen LogP contribution in [0.2, 0.25) is 0 Å². The number of fused-ring (bicyclic) bond motifs is 6. The Balaban J connectivity index is 1.39. The number of nitrogens with one attached hydrogen (secondary N) is 1. The molecule has 3 atom stereocenters. The predicted octanol–water partition coefficient (Wildman–Crippen LogP) is 2.66. The Morgan fingerprint density at radius 3 is 2.90 bits per heavy atom. The standard InChI is InChI=1S/C19H24FN7O2/c1-28-19(8-4-5-9-19)17-22-14(25-29-17)16-24-23-15-11-6-2-3-7-12(11)26-13(27(15)16)10-21-18(26)20/h10-12,15,23H,2-9H2,1H3. The lowest BCUT2D eigenvalue weighted by molar-refractivity contribution is -0.0342. The Labute approximate surface area is 167 Å². The van der Waals surface area contributed by atoms with Gasteiger partial charge in [0, 0.05) is 19.1 Å². The van der Waals surface area contributed by atoms with Gasteiger partial charge in [-0.25, -0.2) is 4.98 Å². The highest BCUT2D eigenvalue weighted by atomic mass is 19.1. The molecule has 4 heterocycles. The second-order valence-electron chi connectivity index (χ2n) is 8.48. The van der Waals surface area contributed by atoms with Gasteiger partial charge in [0.1, 0.15) is 17.6 Å². The van der Waals surface area contributed by atoms with E-state index in [1.807, 2.05) is 4.90 Å². The Hall–Kier alpha value is -2.49. The number of hydrogen-bond donors (Lipinski definition) is 1. The summed E-state index contributed by atoms with van der Waals surface area (Å²) in [5.41, 5.74) is 2.74. The van der Waals surface area contributed by atoms with E-state index in [4.69, 9.17) is 9.26 Å². The van der Waals surface area contributed by atoms with Gasteiger partial charge in [0.05, 0.1) is 6.20 Å². The maximum Gasteiger partial charge on any atom is 0.291 e. The summed E-state index contributed by atoms with van der Waals surface area (Å²) in [6.45, 7) is 0. The second-order valence-corrected chi connectivity index (χ2v) is 8.48. The first-order chi connectivity index (χ1) is 14.2. The molecule has 0 bridgehead atoms. The van der Waals surface area contributed by atoms with Gasteiger partial charge in [-0.2, -0.15) is 14.5 Å². The highest BCUT2D eigenvalue weighted by molar-refractivity contribution is 6.08. The number of ether oxygens (including phenoxy) is 1. The summed E-state index contributed by atoms with van der Waals surface area (Å²) in [6, 6.07) is 0.0978. The van der Waals surface area contributed by atoms with Gasteiger partial charge in [0.15, 0.2) is 0 Å². The summed E-state index contributed by atoms with van der Waals surface area (Å²) < 4.78 is 27.7. The van der Waals surface area contributed by atoms with E-state index in [2.05, 4.69) is 25.7 Å². The molecular weight excluding hydrogens is 377 g/mol. The monoisotopic (exact) mass is 401 g/mol. The molecule has 2 saturated carbocycles. The van der Waals surface area contributed by atoms with Crippen LogP contribution in [0.4, 0.5) is 10.2 Å². The Morgan fingerprint density at radius 2 is 2.07 bits per heavy atom. The zero-order valence-electron chi connectivity index (χ0n) is 16.3. The number of rotatable bonds is 3. The predicted molar refractivity (Wildman–Crippen MR) is 101 cm³/mol. The van der Waals surface area contributed by atoms with Crippen molar-refractivity contribution in [3.8, 4) is 0 Å². The largest absolute Gasteiger partial charge is 0.368 e. The summed E-state index contributed by atoms with van der Waals surface area (Å²) in [7, 11) is 1.69. The molecule has 4 aliphatic rings. The molecule has 2 aromatic rings. The van der Waals surface area contributed by atoms with Gasteiger partial charge in [-0.1, -0.05) is 18.0 Å². The molecule has 0 saturated heterocycles. The van der Waals surface area contributed by atoms with Crippen LogP contribution >= 0.6 is 0 Å². The minimum Gasteiger partial charge on any atom is -0.368 e. The van der Waals surface area contributed by atoms with Crippen LogP contribution < -0.4 is 10.3 Å². The number of aromatic nitrogens is 4.